The zero-order valence-electron chi connectivity index (χ0n) is 11.6. The molecule has 1 unspecified atom stereocenters. The Bertz CT molecular complexity index is 418. The van der Waals surface area contributed by atoms with Crippen LogP contribution in [0.1, 0.15) is 20.8 Å². The van der Waals surface area contributed by atoms with Gasteiger partial charge in [0.2, 0.25) is 11.8 Å². The van der Waals surface area contributed by atoms with Crippen LogP contribution in [0.4, 0.5) is 5.69 Å². The van der Waals surface area contributed by atoms with Gasteiger partial charge in [-0.25, -0.2) is 0 Å². The van der Waals surface area contributed by atoms with Gasteiger partial charge >= 0.3 is 0 Å². The Balaban J connectivity index is 2.33. The standard InChI is InChI=1S/C14H21N3O2/c1-10(2)16-14(19)11(3)17-13(18)9-15-12-7-5-4-6-8-12/h4-8,10-11,15H,9H2,1-3H3,(H,16,19)(H,17,18). The Morgan fingerprint density at radius 2 is 1.68 bits per heavy atom. The third-order valence-electron chi connectivity index (χ3n) is 2.43. The van der Waals surface area contributed by atoms with Gasteiger partial charge in [-0.3, -0.25) is 9.59 Å². The smallest absolute Gasteiger partial charge is 0.242 e. The molecule has 0 heterocycles. The minimum Gasteiger partial charge on any atom is -0.376 e. The van der Waals surface area contributed by atoms with Crippen LogP contribution in [0.15, 0.2) is 30.3 Å². The zero-order chi connectivity index (χ0) is 14.3. The first-order chi connectivity index (χ1) is 8.99. The first-order valence-electron chi connectivity index (χ1n) is 6.37. The maximum absolute atomic E-state index is 11.7. The fraction of sp³-hybridized carbons (Fsp3) is 0.429. The van der Waals surface area contributed by atoms with Crippen LogP contribution in [0.3, 0.4) is 0 Å². The van der Waals surface area contributed by atoms with E-state index in [4.69, 9.17) is 0 Å². The minimum absolute atomic E-state index is 0.0642. The number of hydrogen-bond donors (Lipinski definition) is 3. The van der Waals surface area contributed by atoms with E-state index < -0.39 is 6.04 Å². The molecule has 1 aromatic carbocycles. The number of carbonyl (C=O) groups excluding carboxylic acids is 2. The normalized spacial score (nSPS) is 11.8. The predicted octanol–water partition coefficient (Wildman–Crippen LogP) is 1.13. The lowest BCUT2D eigenvalue weighted by Crippen LogP contribution is -2.48. The van der Waals surface area contributed by atoms with Crippen LogP contribution in [-0.2, 0) is 9.59 Å². The summed E-state index contributed by atoms with van der Waals surface area (Å²) in [5.74, 6) is -0.390. The summed E-state index contributed by atoms with van der Waals surface area (Å²) in [4.78, 5) is 23.3. The van der Waals surface area contributed by atoms with Gasteiger partial charge in [-0.1, -0.05) is 18.2 Å². The Hall–Kier alpha value is -2.04. The molecule has 104 valence electrons. The van der Waals surface area contributed by atoms with E-state index in [1.54, 1.807) is 6.92 Å². The van der Waals surface area contributed by atoms with Crippen molar-refractivity contribution < 1.29 is 9.59 Å². The molecule has 0 saturated heterocycles. The van der Waals surface area contributed by atoms with Crippen LogP contribution in [-0.4, -0.2) is 30.4 Å². The molecule has 19 heavy (non-hydrogen) atoms. The molecule has 0 fully saturated rings. The monoisotopic (exact) mass is 263 g/mol. The van der Waals surface area contributed by atoms with Gasteiger partial charge < -0.3 is 16.0 Å². The van der Waals surface area contributed by atoms with Crippen molar-refractivity contribution in [2.75, 3.05) is 11.9 Å². The summed E-state index contributed by atoms with van der Waals surface area (Å²) in [5.41, 5.74) is 0.872. The third kappa shape index (κ3) is 5.90. The molecule has 0 spiro atoms. The van der Waals surface area contributed by atoms with Crippen LogP contribution < -0.4 is 16.0 Å². The molecule has 0 radical (unpaired) electrons. The van der Waals surface area contributed by atoms with Gasteiger partial charge in [-0.15, -0.1) is 0 Å². The van der Waals surface area contributed by atoms with Gasteiger partial charge in [0.25, 0.3) is 0 Å². The van der Waals surface area contributed by atoms with E-state index in [-0.39, 0.29) is 24.4 Å². The Morgan fingerprint density at radius 3 is 2.26 bits per heavy atom. The molecule has 3 N–H and O–H groups in total. The van der Waals surface area contributed by atoms with Crippen molar-refractivity contribution in [3.05, 3.63) is 30.3 Å². The van der Waals surface area contributed by atoms with Gasteiger partial charge in [0, 0.05) is 11.7 Å². The average molecular weight is 263 g/mol. The Kier molecular flexibility index (Phi) is 5.85. The number of rotatable bonds is 6. The number of para-hydroxylation sites is 1. The molecule has 5 nitrogen and oxygen atoms in total. The largest absolute Gasteiger partial charge is 0.376 e. The highest BCUT2D eigenvalue weighted by Crippen LogP contribution is 2.03. The fourth-order valence-electron chi connectivity index (χ4n) is 1.51. The lowest BCUT2D eigenvalue weighted by molar-refractivity contribution is -0.128. The first-order valence-corrected chi connectivity index (χ1v) is 6.37. The zero-order valence-corrected chi connectivity index (χ0v) is 11.6. The number of nitrogens with one attached hydrogen (secondary N) is 3. The maximum Gasteiger partial charge on any atom is 0.242 e. The van der Waals surface area contributed by atoms with Crippen LogP contribution in [0.2, 0.25) is 0 Å². The molecule has 0 bridgehead atoms. The topological polar surface area (TPSA) is 70.2 Å². The summed E-state index contributed by atoms with van der Waals surface area (Å²) < 4.78 is 0. The van der Waals surface area contributed by atoms with E-state index in [9.17, 15) is 9.59 Å². The summed E-state index contributed by atoms with van der Waals surface area (Å²) >= 11 is 0. The molecule has 0 aromatic heterocycles. The average Bonchev–Trinajstić information content (AvgIpc) is 2.36. The second kappa shape index (κ2) is 7.41. The van der Waals surface area contributed by atoms with Crippen LogP contribution in [0.5, 0.6) is 0 Å². The van der Waals surface area contributed by atoms with Crippen molar-refractivity contribution in [1.82, 2.24) is 10.6 Å². The predicted molar refractivity (Wildman–Crippen MR) is 75.8 cm³/mol. The van der Waals surface area contributed by atoms with Crippen molar-refractivity contribution in [2.45, 2.75) is 32.9 Å². The molecule has 1 atom stereocenters. The highest BCUT2D eigenvalue weighted by atomic mass is 16.2. The highest BCUT2D eigenvalue weighted by Gasteiger charge is 2.15. The molecule has 0 saturated carbocycles. The molecule has 2 amide bonds. The Labute approximate surface area is 113 Å². The van der Waals surface area contributed by atoms with E-state index in [1.807, 2.05) is 44.2 Å². The quantitative estimate of drug-likeness (QED) is 0.720. The number of amides is 2. The van der Waals surface area contributed by atoms with Gasteiger partial charge in [-0.05, 0) is 32.9 Å². The van der Waals surface area contributed by atoms with E-state index in [0.29, 0.717) is 0 Å². The second-order valence-corrected chi connectivity index (χ2v) is 4.67. The molecule has 1 aromatic rings. The number of hydrogen-bond acceptors (Lipinski definition) is 3. The summed E-state index contributed by atoms with van der Waals surface area (Å²) in [6.45, 7) is 5.56. The fourth-order valence-corrected chi connectivity index (χ4v) is 1.51. The maximum atomic E-state index is 11.7. The molecule has 0 aliphatic rings. The SMILES string of the molecule is CC(C)NC(=O)C(C)NC(=O)CNc1ccccc1. The van der Waals surface area contributed by atoms with Gasteiger partial charge in [0.15, 0.2) is 0 Å². The second-order valence-electron chi connectivity index (χ2n) is 4.67. The number of benzene rings is 1. The molecule has 0 aliphatic carbocycles. The van der Waals surface area contributed by atoms with E-state index in [1.165, 1.54) is 0 Å². The Morgan fingerprint density at radius 1 is 1.05 bits per heavy atom. The molecule has 5 heteroatoms. The lowest BCUT2D eigenvalue weighted by Gasteiger charge is -2.16. The van der Waals surface area contributed by atoms with Crippen LogP contribution in [0.25, 0.3) is 0 Å². The first kappa shape index (κ1) is 15.0. The van der Waals surface area contributed by atoms with Crippen molar-refractivity contribution in [1.29, 1.82) is 0 Å². The molecular formula is C14H21N3O2. The summed E-state index contributed by atoms with van der Waals surface area (Å²) in [5, 5.41) is 8.38. The third-order valence-corrected chi connectivity index (χ3v) is 2.43. The summed E-state index contributed by atoms with van der Waals surface area (Å²) in [6, 6.07) is 8.97. The molecule has 0 aliphatic heterocycles. The van der Waals surface area contributed by atoms with Gasteiger partial charge in [0.05, 0.1) is 6.54 Å². The van der Waals surface area contributed by atoms with Gasteiger partial charge in [-0.2, -0.15) is 0 Å². The van der Waals surface area contributed by atoms with E-state index >= 15 is 0 Å². The van der Waals surface area contributed by atoms with Gasteiger partial charge in [0.1, 0.15) is 6.04 Å². The van der Waals surface area contributed by atoms with Crippen LogP contribution >= 0.6 is 0 Å². The summed E-state index contributed by atoms with van der Waals surface area (Å²) in [6.07, 6.45) is 0. The summed E-state index contributed by atoms with van der Waals surface area (Å²) in [7, 11) is 0. The molecule has 1 rings (SSSR count). The number of carbonyl (C=O) groups is 2. The van der Waals surface area contributed by atoms with Crippen LogP contribution in [0, 0.1) is 0 Å². The van der Waals surface area contributed by atoms with E-state index in [2.05, 4.69) is 16.0 Å². The van der Waals surface area contributed by atoms with Crippen molar-refractivity contribution in [3.8, 4) is 0 Å². The van der Waals surface area contributed by atoms with Crippen molar-refractivity contribution in [2.24, 2.45) is 0 Å². The highest BCUT2D eigenvalue weighted by molar-refractivity contribution is 5.88. The van der Waals surface area contributed by atoms with Crippen molar-refractivity contribution >= 4 is 17.5 Å². The number of anilines is 1. The van der Waals surface area contributed by atoms with Crippen molar-refractivity contribution in [3.63, 3.8) is 0 Å². The van der Waals surface area contributed by atoms with E-state index in [0.717, 1.165) is 5.69 Å². The minimum atomic E-state index is -0.535. The lowest BCUT2D eigenvalue weighted by atomic mass is 10.2. The molecular weight excluding hydrogens is 242 g/mol.